The molecule has 1 heterocycles. The summed E-state index contributed by atoms with van der Waals surface area (Å²) < 4.78 is 5.35. The molecule has 88 valence electrons. The van der Waals surface area contributed by atoms with E-state index in [1.54, 1.807) is 7.11 Å². The number of nitrogens with one attached hydrogen (secondary N) is 2. The van der Waals surface area contributed by atoms with Gasteiger partial charge in [-0.3, -0.25) is 0 Å². The van der Waals surface area contributed by atoms with E-state index in [2.05, 4.69) is 30.5 Å². The fourth-order valence-corrected chi connectivity index (χ4v) is 2.25. The normalized spacial score (nSPS) is 16.9. The molecule has 0 amide bonds. The van der Waals surface area contributed by atoms with Crippen LogP contribution in [-0.4, -0.2) is 19.2 Å². The third-order valence-electron chi connectivity index (χ3n) is 3.60. The van der Waals surface area contributed by atoms with Crippen molar-refractivity contribution >= 4 is 11.4 Å². The molecule has 1 aliphatic rings. The second kappa shape index (κ2) is 4.24. The maximum atomic E-state index is 5.35. The van der Waals surface area contributed by atoms with Crippen molar-refractivity contribution in [2.24, 2.45) is 0 Å². The van der Waals surface area contributed by atoms with Gasteiger partial charge in [0.15, 0.2) is 0 Å². The number of benzene rings is 1. The van der Waals surface area contributed by atoms with Gasteiger partial charge < -0.3 is 15.4 Å². The van der Waals surface area contributed by atoms with Crippen LogP contribution in [-0.2, 0) is 0 Å². The van der Waals surface area contributed by atoms with Gasteiger partial charge in [0, 0.05) is 6.54 Å². The molecule has 1 aliphatic heterocycles. The highest BCUT2D eigenvalue weighted by atomic mass is 16.5. The summed E-state index contributed by atoms with van der Waals surface area (Å²) in [5, 5.41) is 7.13. The van der Waals surface area contributed by atoms with Crippen molar-refractivity contribution in [1.29, 1.82) is 0 Å². The minimum absolute atomic E-state index is 0.180. The fourth-order valence-electron chi connectivity index (χ4n) is 2.25. The first-order valence-electron chi connectivity index (χ1n) is 5.93. The molecule has 0 fully saturated rings. The van der Waals surface area contributed by atoms with E-state index in [0.29, 0.717) is 0 Å². The second-order valence-corrected chi connectivity index (χ2v) is 4.35. The largest absolute Gasteiger partial charge is 0.495 e. The smallest absolute Gasteiger partial charge is 0.144 e. The Balaban J connectivity index is 2.34. The van der Waals surface area contributed by atoms with Gasteiger partial charge in [0.25, 0.3) is 0 Å². The molecule has 2 N–H and O–H groups in total. The van der Waals surface area contributed by atoms with Crippen LogP contribution in [0.15, 0.2) is 18.2 Å². The molecule has 0 saturated carbocycles. The van der Waals surface area contributed by atoms with Gasteiger partial charge in [-0.05, 0) is 25.0 Å². The van der Waals surface area contributed by atoms with Crippen LogP contribution in [0.3, 0.4) is 0 Å². The SMILES string of the molecule is CCC1(CC)CNc2c(cccc2OC)N1. The van der Waals surface area contributed by atoms with Crippen LogP contribution in [0.1, 0.15) is 26.7 Å². The molecule has 1 aromatic carbocycles. The van der Waals surface area contributed by atoms with Crippen LogP contribution >= 0.6 is 0 Å². The Bertz CT molecular complexity index is 372. The first-order valence-corrected chi connectivity index (χ1v) is 5.93. The topological polar surface area (TPSA) is 33.3 Å². The lowest BCUT2D eigenvalue weighted by Gasteiger charge is -2.39. The predicted octanol–water partition coefficient (Wildman–Crippen LogP) is 3.09. The van der Waals surface area contributed by atoms with E-state index in [1.807, 2.05) is 12.1 Å². The average Bonchev–Trinajstić information content (AvgIpc) is 2.37. The van der Waals surface area contributed by atoms with Gasteiger partial charge in [0.1, 0.15) is 11.4 Å². The molecule has 0 atom stereocenters. The van der Waals surface area contributed by atoms with E-state index in [0.717, 1.165) is 36.5 Å². The van der Waals surface area contributed by atoms with Crippen molar-refractivity contribution < 1.29 is 4.74 Å². The molecular weight excluding hydrogens is 200 g/mol. The van der Waals surface area contributed by atoms with E-state index < -0.39 is 0 Å². The first-order chi connectivity index (χ1) is 7.74. The molecular formula is C13H20N2O. The molecule has 3 nitrogen and oxygen atoms in total. The van der Waals surface area contributed by atoms with Gasteiger partial charge in [-0.15, -0.1) is 0 Å². The highest BCUT2D eigenvalue weighted by Gasteiger charge is 2.31. The lowest BCUT2D eigenvalue weighted by Crippen LogP contribution is -2.46. The zero-order chi connectivity index (χ0) is 11.6. The molecule has 0 unspecified atom stereocenters. The second-order valence-electron chi connectivity index (χ2n) is 4.35. The number of fused-ring (bicyclic) bond motifs is 1. The van der Waals surface area contributed by atoms with Gasteiger partial charge >= 0.3 is 0 Å². The number of rotatable bonds is 3. The van der Waals surface area contributed by atoms with Gasteiger partial charge in [-0.2, -0.15) is 0 Å². The predicted molar refractivity (Wildman–Crippen MR) is 68.4 cm³/mol. The van der Waals surface area contributed by atoms with E-state index >= 15 is 0 Å². The number of methoxy groups -OCH3 is 1. The zero-order valence-corrected chi connectivity index (χ0v) is 10.3. The van der Waals surface area contributed by atoms with Crippen LogP contribution in [0.5, 0.6) is 5.75 Å². The number of hydrogen-bond acceptors (Lipinski definition) is 3. The summed E-state index contributed by atoms with van der Waals surface area (Å²) >= 11 is 0. The number of hydrogen-bond donors (Lipinski definition) is 2. The summed E-state index contributed by atoms with van der Waals surface area (Å²) in [5.41, 5.74) is 2.41. The van der Waals surface area contributed by atoms with E-state index in [9.17, 15) is 0 Å². The van der Waals surface area contributed by atoms with Gasteiger partial charge in [0.2, 0.25) is 0 Å². The Morgan fingerprint density at radius 2 is 2.06 bits per heavy atom. The minimum Gasteiger partial charge on any atom is -0.495 e. The monoisotopic (exact) mass is 220 g/mol. The van der Waals surface area contributed by atoms with Gasteiger partial charge in [-0.25, -0.2) is 0 Å². The summed E-state index contributed by atoms with van der Waals surface area (Å²) in [7, 11) is 1.71. The Morgan fingerprint density at radius 1 is 1.31 bits per heavy atom. The maximum absolute atomic E-state index is 5.35. The molecule has 1 aromatic rings. The lowest BCUT2D eigenvalue weighted by molar-refractivity contribution is 0.411. The Labute approximate surface area is 97.2 Å². The number of ether oxygens (including phenoxy) is 1. The molecule has 0 radical (unpaired) electrons. The maximum Gasteiger partial charge on any atom is 0.144 e. The number of para-hydroxylation sites is 1. The summed E-state index contributed by atoms with van der Waals surface area (Å²) in [6, 6.07) is 6.11. The Morgan fingerprint density at radius 3 is 2.69 bits per heavy atom. The third-order valence-corrected chi connectivity index (χ3v) is 3.60. The standard InChI is InChI=1S/C13H20N2O/c1-4-13(5-2)9-14-12-10(15-13)7-6-8-11(12)16-3/h6-8,14-15H,4-5,9H2,1-3H3. The van der Waals surface area contributed by atoms with Gasteiger partial charge in [0.05, 0.1) is 18.3 Å². The highest BCUT2D eigenvalue weighted by molar-refractivity contribution is 5.78. The van der Waals surface area contributed by atoms with E-state index in [4.69, 9.17) is 4.74 Å². The number of anilines is 2. The Hall–Kier alpha value is -1.38. The molecule has 0 aromatic heterocycles. The van der Waals surface area contributed by atoms with Crippen molar-refractivity contribution in [2.75, 3.05) is 24.3 Å². The Kier molecular flexibility index (Phi) is 2.95. The quantitative estimate of drug-likeness (QED) is 0.821. The van der Waals surface area contributed by atoms with Gasteiger partial charge in [-0.1, -0.05) is 19.9 Å². The van der Waals surface area contributed by atoms with Crippen LogP contribution < -0.4 is 15.4 Å². The van der Waals surface area contributed by atoms with E-state index in [1.165, 1.54) is 0 Å². The summed E-state index contributed by atoms with van der Waals surface area (Å²) in [5.74, 6) is 0.908. The highest BCUT2D eigenvalue weighted by Crippen LogP contribution is 2.39. The van der Waals surface area contributed by atoms with Crippen LogP contribution in [0.4, 0.5) is 11.4 Å². The summed E-state index contributed by atoms with van der Waals surface area (Å²) in [4.78, 5) is 0. The molecule has 0 aliphatic carbocycles. The summed E-state index contributed by atoms with van der Waals surface area (Å²) in [6.07, 6.45) is 2.24. The lowest BCUT2D eigenvalue weighted by atomic mass is 9.90. The van der Waals surface area contributed by atoms with Crippen molar-refractivity contribution in [2.45, 2.75) is 32.2 Å². The molecule has 3 heteroatoms. The van der Waals surface area contributed by atoms with Crippen LogP contribution in [0.2, 0.25) is 0 Å². The fraction of sp³-hybridized carbons (Fsp3) is 0.538. The molecule has 0 bridgehead atoms. The molecule has 0 saturated heterocycles. The molecule has 16 heavy (non-hydrogen) atoms. The molecule has 0 spiro atoms. The minimum atomic E-state index is 0.180. The van der Waals surface area contributed by atoms with Crippen LogP contribution in [0, 0.1) is 0 Å². The van der Waals surface area contributed by atoms with Crippen molar-refractivity contribution in [3.05, 3.63) is 18.2 Å². The first kappa shape index (κ1) is 11.1. The zero-order valence-electron chi connectivity index (χ0n) is 10.3. The summed E-state index contributed by atoms with van der Waals surface area (Å²) in [6.45, 7) is 5.40. The van der Waals surface area contributed by atoms with Crippen molar-refractivity contribution in [3.63, 3.8) is 0 Å². The van der Waals surface area contributed by atoms with Crippen LogP contribution in [0.25, 0.3) is 0 Å². The average molecular weight is 220 g/mol. The molecule has 2 rings (SSSR count). The third kappa shape index (κ3) is 1.70. The van der Waals surface area contributed by atoms with E-state index in [-0.39, 0.29) is 5.54 Å². The van der Waals surface area contributed by atoms with Crippen molar-refractivity contribution in [1.82, 2.24) is 0 Å². The van der Waals surface area contributed by atoms with Crippen molar-refractivity contribution in [3.8, 4) is 5.75 Å².